The average molecular weight is 507 g/mol. The van der Waals surface area contributed by atoms with Crippen LogP contribution >= 0.6 is 15.9 Å². The number of benzene rings is 3. The van der Waals surface area contributed by atoms with Crippen molar-refractivity contribution in [3.63, 3.8) is 0 Å². The van der Waals surface area contributed by atoms with Crippen LogP contribution in [0.15, 0.2) is 88.6 Å². The van der Waals surface area contributed by atoms with E-state index in [1.54, 1.807) is 41.4 Å². The highest BCUT2D eigenvalue weighted by molar-refractivity contribution is 9.10. The fourth-order valence-corrected chi connectivity index (χ4v) is 3.27. The van der Waals surface area contributed by atoms with Crippen molar-refractivity contribution in [2.45, 2.75) is 0 Å². The first-order chi connectivity index (χ1) is 15.9. The van der Waals surface area contributed by atoms with Gasteiger partial charge in [-0.25, -0.2) is 4.68 Å². The Morgan fingerprint density at radius 1 is 0.879 bits per heavy atom. The number of hydrazone groups is 1. The topological polar surface area (TPSA) is 128 Å². The molecule has 1 aromatic heterocycles. The number of nitro groups is 2. The van der Waals surface area contributed by atoms with Gasteiger partial charge in [-0.1, -0.05) is 28.1 Å². The quantitative estimate of drug-likeness (QED) is 0.198. The highest BCUT2D eigenvalue weighted by Gasteiger charge is 2.13. The second-order valence-corrected chi connectivity index (χ2v) is 7.75. The van der Waals surface area contributed by atoms with Crippen molar-refractivity contribution in [2.75, 3.05) is 5.43 Å². The zero-order valence-corrected chi connectivity index (χ0v) is 18.4. The summed E-state index contributed by atoms with van der Waals surface area (Å²) >= 11 is 3.42. The molecule has 0 radical (unpaired) electrons. The van der Waals surface area contributed by atoms with Crippen LogP contribution in [-0.2, 0) is 0 Å². The molecule has 1 heterocycles. The van der Waals surface area contributed by atoms with E-state index < -0.39 is 9.85 Å². The van der Waals surface area contributed by atoms with Gasteiger partial charge in [0, 0.05) is 46.1 Å². The van der Waals surface area contributed by atoms with Crippen LogP contribution in [0.2, 0.25) is 0 Å². The molecule has 164 valence electrons. The molecule has 0 aliphatic rings. The van der Waals surface area contributed by atoms with E-state index in [0.29, 0.717) is 22.6 Å². The summed E-state index contributed by atoms with van der Waals surface area (Å²) in [6.45, 7) is 0. The number of nitrogens with one attached hydrogen (secondary N) is 1. The van der Waals surface area contributed by atoms with E-state index in [2.05, 4.69) is 31.6 Å². The molecule has 3 aromatic carbocycles. The number of anilines is 1. The lowest BCUT2D eigenvalue weighted by molar-refractivity contribution is -0.385. The minimum atomic E-state index is -0.468. The van der Waals surface area contributed by atoms with Crippen LogP contribution in [0, 0.1) is 20.2 Å². The lowest BCUT2D eigenvalue weighted by atomic mass is 10.1. The number of aromatic nitrogens is 2. The van der Waals surface area contributed by atoms with E-state index in [1.807, 2.05) is 24.3 Å². The third kappa shape index (κ3) is 5.10. The Kier molecular flexibility index (Phi) is 6.22. The molecule has 0 amide bonds. The SMILES string of the molecule is O=[N+]([O-])c1ccc(N/N=C/c2cn(-c3ccc([N+](=O)[O-])cc3)nc2-c2ccc(Br)cc2)cc1. The number of nitrogens with zero attached hydrogens (tertiary/aromatic N) is 5. The summed E-state index contributed by atoms with van der Waals surface area (Å²) < 4.78 is 2.55. The molecule has 4 rings (SSSR count). The van der Waals surface area contributed by atoms with Crippen LogP contribution in [0.1, 0.15) is 5.56 Å². The Balaban J connectivity index is 1.64. The molecule has 4 aromatic rings. The molecule has 0 aliphatic carbocycles. The lowest BCUT2D eigenvalue weighted by Crippen LogP contribution is -1.95. The smallest absolute Gasteiger partial charge is 0.269 e. The maximum atomic E-state index is 10.9. The van der Waals surface area contributed by atoms with Gasteiger partial charge < -0.3 is 0 Å². The lowest BCUT2D eigenvalue weighted by Gasteiger charge is -2.01. The maximum Gasteiger partial charge on any atom is 0.269 e. The van der Waals surface area contributed by atoms with E-state index >= 15 is 0 Å². The highest BCUT2D eigenvalue weighted by atomic mass is 79.9. The monoisotopic (exact) mass is 506 g/mol. The fraction of sp³-hybridized carbons (Fsp3) is 0. The van der Waals surface area contributed by atoms with Gasteiger partial charge in [0.2, 0.25) is 0 Å². The van der Waals surface area contributed by atoms with Gasteiger partial charge in [0.25, 0.3) is 11.4 Å². The maximum absolute atomic E-state index is 10.9. The molecule has 0 atom stereocenters. The Bertz CT molecular complexity index is 1330. The number of hydrogen-bond donors (Lipinski definition) is 1. The predicted molar refractivity (Wildman–Crippen MR) is 128 cm³/mol. The summed E-state index contributed by atoms with van der Waals surface area (Å²) in [6, 6.07) is 19.6. The van der Waals surface area contributed by atoms with Gasteiger partial charge in [-0.2, -0.15) is 10.2 Å². The number of rotatable bonds is 7. The fourth-order valence-electron chi connectivity index (χ4n) is 3.01. The van der Waals surface area contributed by atoms with E-state index in [-0.39, 0.29) is 11.4 Å². The van der Waals surface area contributed by atoms with E-state index in [0.717, 1.165) is 10.0 Å². The molecule has 0 fully saturated rings. The standard InChI is InChI=1S/C22H15BrN6O4/c23-17-3-1-15(2-4-17)22-16(13-24-25-18-5-7-20(8-6-18)28(30)31)14-27(26-22)19-9-11-21(12-10-19)29(32)33/h1-14,25H/b24-13+. The van der Waals surface area contributed by atoms with Crippen molar-refractivity contribution >= 4 is 39.2 Å². The highest BCUT2D eigenvalue weighted by Crippen LogP contribution is 2.25. The van der Waals surface area contributed by atoms with Gasteiger partial charge in [-0.15, -0.1) is 0 Å². The van der Waals surface area contributed by atoms with E-state index in [9.17, 15) is 20.2 Å². The Labute approximate surface area is 195 Å². The number of hydrogen-bond acceptors (Lipinski definition) is 7. The van der Waals surface area contributed by atoms with Gasteiger partial charge >= 0.3 is 0 Å². The second kappa shape index (κ2) is 9.40. The van der Waals surface area contributed by atoms with Gasteiger partial charge in [-0.3, -0.25) is 25.7 Å². The summed E-state index contributed by atoms with van der Waals surface area (Å²) in [4.78, 5) is 20.8. The van der Waals surface area contributed by atoms with Crippen molar-refractivity contribution in [1.29, 1.82) is 0 Å². The third-order valence-corrected chi connectivity index (χ3v) is 5.19. The van der Waals surface area contributed by atoms with Crippen LogP contribution in [0.3, 0.4) is 0 Å². The largest absolute Gasteiger partial charge is 0.278 e. The predicted octanol–water partition coefficient (Wildman–Crippen LogP) is 5.56. The van der Waals surface area contributed by atoms with Crippen LogP contribution in [0.5, 0.6) is 0 Å². The number of non-ortho nitro benzene ring substituents is 2. The van der Waals surface area contributed by atoms with Crippen molar-refractivity contribution < 1.29 is 9.85 Å². The van der Waals surface area contributed by atoms with Gasteiger partial charge in [0.05, 0.1) is 27.4 Å². The molecular weight excluding hydrogens is 492 g/mol. The van der Waals surface area contributed by atoms with Crippen LogP contribution in [0.25, 0.3) is 16.9 Å². The Morgan fingerprint density at radius 3 is 2.03 bits per heavy atom. The van der Waals surface area contributed by atoms with Crippen LogP contribution in [0.4, 0.5) is 17.1 Å². The summed E-state index contributed by atoms with van der Waals surface area (Å²) in [5.74, 6) is 0. The number of halogens is 1. The van der Waals surface area contributed by atoms with Gasteiger partial charge in [-0.05, 0) is 36.4 Å². The third-order valence-electron chi connectivity index (χ3n) is 4.66. The van der Waals surface area contributed by atoms with Crippen molar-refractivity contribution in [2.24, 2.45) is 5.10 Å². The average Bonchev–Trinajstić information content (AvgIpc) is 3.24. The molecule has 33 heavy (non-hydrogen) atoms. The van der Waals surface area contributed by atoms with Crippen LogP contribution < -0.4 is 5.43 Å². The van der Waals surface area contributed by atoms with Crippen molar-refractivity contribution in [1.82, 2.24) is 9.78 Å². The zero-order chi connectivity index (χ0) is 23.4. The minimum absolute atomic E-state index is 0.00637. The summed E-state index contributed by atoms with van der Waals surface area (Å²) in [7, 11) is 0. The molecule has 0 bridgehead atoms. The molecule has 0 spiro atoms. The molecule has 0 saturated heterocycles. The first-order valence-electron chi connectivity index (χ1n) is 9.55. The van der Waals surface area contributed by atoms with E-state index in [1.165, 1.54) is 24.3 Å². The Hall–Kier alpha value is -4.38. The van der Waals surface area contributed by atoms with Crippen LogP contribution in [-0.4, -0.2) is 25.8 Å². The van der Waals surface area contributed by atoms with E-state index in [4.69, 9.17) is 0 Å². The minimum Gasteiger partial charge on any atom is -0.278 e. The molecule has 0 aliphatic heterocycles. The van der Waals surface area contributed by atoms with Crippen molar-refractivity contribution in [3.05, 3.63) is 109 Å². The van der Waals surface area contributed by atoms with Crippen molar-refractivity contribution in [3.8, 4) is 16.9 Å². The summed E-state index contributed by atoms with van der Waals surface area (Å²) in [5, 5.41) is 30.6. The normalized spacial score (nSPS) is 10.9. The molecule has 10 nitrogen and oxygen atoms in total. The molecule has 0 saturated carbocycles. The van der Waals surface area contributed by atoms with Gasteiger partial charge in [0.1, 0.15) is 5.69 Å². The summed E-state index contributed by atoms with van der Waals surface area (Å²) in [5.41, 5.74) is 6.29. The first kappa shape index (κ1) is 21.8. The first-order valence-corrected chi connectivity index (χ1v) is 10.3. The summed E-state index contributed by atoms with van der Waals surface area (Å²) in [6.07, 6.45) is 3.35. The zero-order valence-electron chi connectivity index (χ0n) is 16.8. The molecular formula is C22H15BrN6O4. The van der Waals surface area contributed by atoms with Gasteiger partial charge in [0.15, 0.2) is 0 Å². The molecule has 1 N–H and O–H groups in total. The molecule has 11 heteroatoms. The second-order valence-electron chi connectivity index (χ2n) is 6.83. The Morgan fingerprint density at radius 2 is 1.45 bits per heavy atom. The molecule has 0 unspecified atom stereocenters. The number of nitro benzene ring substituents is 2.